The van der Waals surface area contributed by atoms with Crippen molar-refractivity contribution in [2.75, 3.05) is 0 Å². The molecule has 15 heavy (non-hydrogen) atoms. The van der Waals surface area contributed by atoms with E-state index < -0.39 is 28.7 Å². The van der Waals surface area contributed by atoms with Crippen molar-refractivity contribution in [2.24, 2.45) is 0 Å². The Bertz CT molecular complexity index is 216. The molecule has 0 aliphatic rings. The maximum atomic E-state index is 8.74. The topological polar surface area (TPSA) is 195 Å². The van der Waals surface area contributed by atoms with E-state index >= 15 is 0 Å². The van der Waals surface area contributed by atoms with E-state index in [4.69, 9.17) is 45.6 Å². The summed E-state index contributed by atoms with van der Waals surface area (Å²) in [5.41, 5.74) is 0. The zero-order chi connectivity index (χ0) is 11.7. The molecule has 0 aromatic carbocycles. The molecule has 10 nitrogen and oxygen atoms in total. The van der Waals surface area contributed by atoms with Crippen LogP contribution >= 0.6 is 0 Å². The summed E-state index contributed by atoms with van der Waals surface area (Å²) in [4.78, 5) is 28.6. The molecule has 0 aromatic heterocycles. The van der Waals surface area contributed by atoms with E-state index in [1.807, 2.05) is 0 Å². The van der Waals surface area contributed by atoms with Crippen molar-refractivity contribution < 1.29 is 105 Å². The molecule has 0 aliphatic heterocycles. The molecular formula is H4Na2O10SSi2. The molecule has 0 saturated carbocycles. The van der Waals surface area contributed by atoms with Crippen LogP contribution in [0.15, 0.2) is 0 Å². The Labute approximate surface area is 132 Å². The summed E-state index contributed by atoms with van der Waals surface area (Å²) in [5, 5.41) is 0. The molecule has 0 radical (unpaired) electrons. The van der Waals surface area contributed by atoms with Gasteiger partial charge in [-0.3, -0.25) is 17.3 Å². The van der Waals surface area contributed by atoms with Gasteiger partial charge in [0, 0.05) is 10.4 Å². The number of rotatable bonds is 0. The van der Waals surface area contributed by atoms with Gasteiger partial charge in [-0.05, 0) is 0 Å². The Hall–Kier alpha value is 1.10. The fourth-order valence-corrected chi connectivity index (χ4v) is 0. The molecular weight excluding hydrogens is 294 g/mol. The van der Waals surface area contributed by atoms with Gasteiger partial charge in [0.1, 0.15) is 0 Å². The SMILES string of the molecule is O=S(=O)([O-])[O-].O=[Si](O)O.O=[Si](O)O.[Na+].[Na+]. The van der Waals surface area contributed by atoms with Gasteiger partial charge in [0.05, 0.1) is 0 Å². The Morgan fingerprint density at radius 1 is 0.800 bits per heavy atom. The summed E-state index contributed by atoms with van der Waals surface area (Å²) in [5.74, 6) is 0. The first kappa shape index (κ1) is 29.8. The van der Waals surface area contributed by atoms with E-state index in [2.05, 4.69) is 0 Å². The second-order valence-electron chi connectivity index (χ2n) is 0.973. The molecule has 0 unspecified atom stereocenters. The third-order valence-electron chi connectivity index (χ3n) is 0. The van der Waals surface area contributed by atoms with Gasteiger partial charge in [-0.15, -0.1) is 0 Å². The van der Waals surface area contributed by atoms with Gasteiger partial charge in [-0.25, -0.2) is 0 Å². The fourth-order valence-electron chi connectivity index (χ4n) is 0. The summed E-state index contributed by atoms with van der Waals surface area (Å²) < 4.78 is 51.6. The molecule has 0 spiro atoms. The second kappa shape index (κ2) is 17.5. The Morgan fingerprint density at radius 2 is 0.800 bits per heavy atom. The van der Waals surface area contributed by atoms with Crippen molar-refractivity contribution in [3.63, 3.8) is 0 Å². The van der Waals surface area contributed by atoms with Gasteiger partial charge in [-0.1, -0.05) is 0 Å². The van der Waals surface area contributed by atoms with Gasteiger partial charge >= 0.3 is 77.5 Å². The zero-order valence-electron chi connectivity index (χ0n) is 7.65. The van der Waals surface area contributed by atoms with Gasteiger partial charge in [-0.2, -0.15) is 0 Å². The van der Waals surface area contributed by atoms with Crippen LogP contribution in [-0.4, -0.2) is 55.0 Å². The van der Waals surface area contributed by atoms with E-state index in [-0.39, 0.29) is 59.1 Å². The number of hydrogen-bond donors (Lipinski definition) is 4. The molecule has 0 rings (SSSR count). The summed E-state index contributed by atoms with van der Waals surface area (Å²) in [6.07, 6.45) is 0. The molecule has 0 bridgehead atoms. The average molecular weight is 298 g/mol. The normalized spacial score (nSPS) is 7.07. The van der Waals surface area contributed by atoms with Crippen LogP contribution in [0.3, 0.4) is 0 Å². The van der Waals surface area contributed by atoms with Crippen LogP contribution in [0.2, 0.25) is 0 Å². The predicted molar refractivity (Wildman–Crippen MR) is 32.2 cm³/mol. The first-order chi connectivity index (χ1) is 5.46. The largest absolute Gasteiger partial charge is 1.00 e. The first-order valence-corrected chi connectivity index (χ1v) is 5.91. The van der Waals surface area contributed by atoms with Crippen molar-refractivity contribution >= 4 is 28.7 Å². The second-order valence-corrected chi connectivity index (χ2v) is 2.92. The van der Waals surface area contributed by atoms with E-state index in [0.717, 1.165) is 0 Å². The van der Waals surface area contributed by atoms with Crippen molar-refractivity contribution in [1.29, 1.82) is 0 Å². The van der Waals surface area contributed by atoms with Crippen molar-refractivity contribution in [3.05, 3.63) is 0 Å². The fraction of sp³-hybridized carbons (Fsp3) is 0. The monoisotopic (exact) mass is 298 g/mol. The smallest absolute Gasteiger partial charge is 0.759 e. The van der Waals surface area contributed by atoms with E-state index in [0.29, 0.717) is 0 Å². The Morgan fingerprint density at radius 3 is 0.800 bits per heavy atom. The van der Waals surface area contributed by atoms with Crippen LogP contribution in [0.5, 0.6) is 0 Å². The molecule has 0 fully saturated rings. The minimum Gasteiger partial charge on any atom is -0.759 e. The molecule has 0 saturated heterocycles. The number of hydrogen-bond acceptors (Lipinski definition) is 6. The molecule has 0 atom stereocenters. The standard InChI is InChI=1S/2Na.H2O4S.2H2O3Si/c;;1-5(2,3)4;2*1-4(2)3/h;;(H2,1,2,3,4);2*1-2H/q2*+1;;;/p-2. The third-order valence-corrected chi connectivity index (χ3v) is 0. The van der Waals surface area contributed by atoms with Crippen LogP contribution in [-0.2, 0) is 19.3 Å². The molecule has 0 aliphatic carbocycles. The van der Waals surface area contributed by atoms with E-state index in [1.165, 1.54) is 0 Å². The van der Waals surface area contributed by atoms with Crippen LogP contribution in [0, 0.1) is 0 Å². The Balaban J connectivity index is -0.0000000315. The van der Waals surface area contributed by atoms with Crippen LogP contribution < -0.4 is 59.1 Å². The molecule has 4 N–H and O–H groups in total. The summed E-state index contributed by atoms with van der Waals surface area (Å²) in [6.45, 7) is 0. The predicted octanol–water partition coefficient (Wildman–Crippen LogP) is -10.6. The van der Waals surface area contributed by atoms with Gasteiger partial charge < -0.3 is 28.3 Å². The third kappa shape index (κ3) is 2130. The molecule has 0 heterocycles. The zero-order valence-corrected chi connectivity index (χ0v) is 14.5. The van der Waals surface area contributed by atoms with Crippen LogP contribution in [0.1, 0.15) is 0 Å². The van der Waals surface area contributed by atoms with Crippen molar-refractivity contribution in [3.8, 4) is 0 Å². The summed E-state index contributed by atoms with van der Waals surface area (Å²) in [6, 6.07) is 0. The molecule has 0 amide bonds. The minimum absolute atomic E-state index is 0. The summed E-state index contributed by atoms with van der Waals surface area (Å²) in [7, 11) is -11.4. The average Bonchev–Trinajstić information content (AvgIpc) is 1.50. The molecule has 15 heteroatoms. The van der Waals surface area contributed by atoms with Gasteiger partial charge in [0.15, 0.2) is 0 Å². The van der Waals surface area contributed by atoms with Gasteiger partial charge in [0.2, 0.25) is 0 Å². The summed E-state index contributed by atoms with van der Waals surface area (Å²) >= 11 is 0. The first-order valence-electron chi connectivity index (χ1n) is 1.97. The molecule has 0 aromatic rings. The van der Waals surface area contributed by atoms with Gasteiger partial charge in [0.25, 0.3) is 0 Å². The molecule has 80 valence electrons. The quantitative estimate of drug-likeness (QED) is 0.189. The maximum absolute atomic E-state index is 8.74. The van der Waals surface area contributed by atoms with Crippen molar-refractivity contribution in [1.82, 2.24) is 0 Å². The van der Waals surface area contributed by atoms with Crippen molar-refractivity contribution in [2.45, 2.75) is 0 Å². The maximum Gasteiger partial charge on any atom is 1.00 e. The van der Waals surface area contributed by atoms with E-state index in [9.17, 15) is 0 Å². The Kier molecular flexibility index (Phi) is 34.8. The minimum atomic E-state index is -5.17. The van der Waals surface area contributed by atoms with E-state index in [1.54, 1.807) is 0 Å². The van der Waals surface area contributed by atoms with Crippen LogP contribution in [0.4, 0.5) is 0 Å². The van der Waals surface area contributed by atoms with Crippen LogP contribution in [0.25, 0.3) is 0 Å².